The lowest BCUT2D eigenvalue weighted by molar-refractivity contribution is 0.522. The number of hydrogen-bond acceptors (Lipinski definition) is 2. The first-order valence-corrected chi connectivity index (χ1v) is 10.3. The fourth-order valence-corrected chi connectivity index (χ4v) is 6.49. The summed E-state index contributed by atoms with van der Waals surface area (Å²) in [4.78, 5) is 0. The lowest BCUT2D eigenvalue weighted by Gasteiger charge is -2.36. The molecule has 4 nitrogen and oxygen atoms in total. The van der Waals surface area contributed by atoms with Gasteiger partial charge >= 0.3 is 0 Å². The Labute approximate surface area is 105 Å². The Kier molecular flexibility index (Phi) is 4.01. The molecule has 6 heteroatoms. The Bertz CT molecular complexity index is 466. The standard InChI is InChI=1S/C11H20N2O2SSi/c1-12(2)16(14,15)13(17(3,4)5)11-9-7-6-8-10-11/h6-10H,1-5H3. The van der Waals surface area contributed by atoms with E-state index in [1.54, 1.807) is 18.1 Å². The number of rotatable bonds is 4. The van der Waals surface area contributed by atoms with Gasteiger partial charge in [0.2, 0.25) is 0 Å². The molecule has 0 amide bonds. The van der Waals surface area contributed by atoms with Gasteiger partial charge in [0.25, 0.3) is 10.2 Å². The van der Waals surface area contributed by atoms with Crippen LogP contribution in [0.3, 0.4) is 0 Å². The summed E-state index contributed by atoms with van der Waals surface area (Å²) in [5.41, 5.74) is 0.736. The van der Waals surface area contributed by atoms with Gasteiger partial charge in [0.1, 0.15) is 0 Å². The molecular formula is C11H20N2O2SSi. The third-order valence-corrected chi connectivity index (χ3v) is 7.70. The molecule has 96 valence electrons. The van der Waals surface area contributed by atoms with Crippen molar-refractivity contribution in [2.24, 2.45) is 0 Å². The van der Waals surface area contributed by atoms with Crippen LogP contribution in [0.25, 0.3) is 0 Å². The molecule has 0 aliphatic heterocycles. The minimum absolute atomic E-state index is 0.736. The first-order valence-electron chi connectivity index (χ1n) is 5.45. The topological polar surface area (TPSA) is 40.6 Å². The molecule has 1 aromatic carbocycles. The Hall–Kier alpha value is -0.853. The second-order valence-electron chi connectivity index (χ2n) is 5.06. The van der Waals surface area contributed by atoms with E-state index in [2.05, 4.69) is 0 Å². The summed E-state index contributed by atoms with van der Waals surface area (Å²) in [7, 11) is -2.32. The SMILES string of the molecule is CN(C)S(=O)(=O)N(c1ccccc1)[Si](C)(C)C. The summed E-state index contributed by atoms with van der Waals surface area (Å²) in [5, 5.41) is 0. The largest absolute Gasteiger partial charge is 0.296 e. The van der Waals surface area contributed by atoms with Gasteiger partial charge < -0.3 is 0 Å². The Morgan fingerprint density at radius 1 is 1.00 bits per heavy atom. The highest BCUT2D eigenvalue weighted by Crippen LogP contribution is 2.25. The van der Waals surface area contributed by atoms with E-state index in [0.29, 0.717) is 0 Å². The summed E-state index contributed by atoms with van der Waals surface area (Å²) in [6.45, 7) is 6.04. The number of nitrogens with zero attached hydrogens (tertiary/aromatic N) is 2. The maximum atomic E-state index is 12.4. The van der Waals surface area contributed by atoms with E-state index in [4.69, 9.17) is 0 Å². The molecule has 0 saturated heterocycles. The van der Waals surface area contributed by atoms with Gasteiger partial charge in [-0.2, -0.15) is 12.7 Å². The van der Waals surface area contributed by atoms with Gasteiger partial charge in [-0.3, -0.25) is 3.97 Å². The van der Waals surface area contributed by atoms with Crippen LogP contribution in [0.1, 0.15) is 0 Å². The van der Waals surface area contributed by atoms with Crippen LogP contribution >= 0.6 is 0 Å². The highest BCUT2D eigenvalue weighted by molar-refractivity contribution is 7.92. The summed E-state index contributed by atoms with van der Waals surface area (Å²) in [6.07, 6.45) is 0. The van der Waals surface area contributed by atoms with E-state index in [0.717, 1.165) is 5.69 Å². The van der Waals surface area contributed by atoms with E-state index in [1.807, 2.05) is 50.0 Å². The number of hydrogen-bond donors (Lipinski definition) is 0. The van der Waals surface area contributed by atoms with Crippen molar-refractivity contribution in [1.29, 1.82) is 0 Å². The molecule has 0 aliphatic carbocycles. The van der Waals surface area contributed by atoms with E-state index >= 15 is 0 Å². The second-order valence-corrected chi connectivity index (χ2v) is 12.2. The zero-order valence-corrected chi connectivity index (χ0v) is 12.8. The van der Waals surface area contributed by atoms with Crippen molar-refractivity contribution in [3.05, 3.63) is 30.3 Å². The molecule has 1 aromatic rings. The molecule has 0 radical (unpaired) electrons. The fraction of sp³-hybridized carbons (Fsp3) is 0.455. The molecule has 0 heterocycles. The average Bonchev–Trinajstić information content (AvgIpc) is 2.16. The van der Waals surface area contributed by atoms with Crippen molar-refractivity contribution in [1.82, 2.24) is 4.31 Å². The normalized spacial score (nSPS) is 12.8. The molecular weight excluding hydrogens is 252 g/mol. The van der Waals surface area contributed by atoms with Gasteiger partial charge in [-0.1, -0.05) is 37.8 Å². The molecule has 0 unspecified atom stereocenters. The van der Waals surface area contributed by atoms with E-state index in [1.165, 1.54) is 4.31 Å². The molecule has 17 heavy (non-hydrogen) atoms. The van der Waals surface area contributed by atoms with Crippen LogP contribution in [0.2, 0.25) is 19.6 Å². The van der Waals surface area contributed by atoms with Gasteiger partial charge in [-0.15, -0.1) is 0 Å². The summed E-state index contributed by atoms with van der Waals surface area (Å²) >= 11 is 0. The number of para-hydroxylation sites is 1. The Balaban J connectivity index is 3.35. The third-order valence-electron chi connectivity index (χ3n) is 2.29. The molecule has 0 aliphatic rings. The highest BCUT2D eigenvalue weighted by Gasteiger charge is 2.35. The number of anilines is 1. The second kappa shape index (κ2) is 4.79. The maximum absolute atomic E-state index is 12.4. The minimum Gasteiger partial charge on any atom is -0.287 e. The third kappa shape index (κ3) is 3.08. The van der Waals surface area contributed by atoms with E-state index in [9.17, 15) is 8.42 Å². The lowest BCUT2D eigenvalue weighted by atomic mass is 10.3. The van der Waals surface area contributed by atoms with Crippen LogP contribution in [-0.4, -0.2) is 35.1 Å². The van der Waals surface area contributed by atoms with Gasteiger partial charge in [-0.05, 0) is 12.1 Å². The molecule has 1 rings (SSSR count). The minimum atomic E-state index is -3.42. The highest BCUT2D eigenvalue weighted by atomic mass is 32.2. The van der Waals surface area contributed by atoms with Crippen molar-refractivity contribution in [2.45, 2.75) is 19.6 Å². The first-order chi connectivity index (χ1) is 7.67. The summed E-state index contributed by atoms with van der Waals surface area (Å²) in [6, 6.07) is 9.26. The van der Waals surface area contributed by atoms with Crippen LogP contribution in [0.15, 0.2) is 30.3 Å². The Morgan fingerprint density at radius 2 is 1.47 bits per heavy atom. The van der Waals surface area contributed by atoms with Crippen molar-refractivity contribution in [2.75, 3.05) is 18.1 Å². The van der Waals surface area contributed by atoms with Crippen molar-refractivity contribution < 1.29 is 8.42 Å². The smallest absolute Gasteiger partial charge is 0.287 e. The summed E-state index contributed by atoms with van der Waals surface area (Å²) < 4.78 is 27.6. The van der Waals surface area contributed by atoms with Crippen molar-refractivity contribution in [3.63, 3.8) is 0 Å². The maximum Gasteiger partial charge on any atom is 0.296 e. The molecule has 0 aromatic heterocycles. The van der Waals surface area contributed by atoms with Crippen molar-refractivity contribution in [3.8, 4) is 0 Å². The van der Waals surface area contributed by atoms with Gasteiger partial charge in [-0.25, -0.2) is 0 Å². The first kappa shape index (κ1) is 14.2. The fourth-order valence-electron chi connectivity index (χ4n) is 1.59. The van der Waals surface area contributed by atoms with Crippen LogP contribution < -0.4 is 3.97 Å². The summed E-state index contributed by atoms with van der Waals surface area (Å²) in [5.74, 6) is 0. The van der Waals surface area contributed by atoms with E-state index in [-0.39, 0.29) is 0 Å². The monoisotopic (exact) mass is 272 g/mol. The van der Waals surface area contributed by atoms with Gasteiger partial charge in [0.05, 0.1) is 0 Å². The molecule has 0 fully saturated rings. The zero-order valence-electron chi connectivity index (χ0n) is 11.0. The van der Waals surface area contributed by atoms with Crippen LogP contribution in [-0.2, 0) is 10.2 Å². The predicted octanol–water partition coefficient (Wildman–Crippen LogP) is 2.13. The lowest BCUT2D eigenvalue weighted by Crippen LogP contribution is -2.54. The van der Waals surface area contributed by atoms with Crippen molar-refractivity contribution >= 4 is 24.1 Å². The average molecular weight is 272 g/mol. The molecule has 0 N–H and O–H groups in total. The molecule has 0 saturated carbocycles. The zero-order chi connectivity index (χ0) is 13.3. The molecule has 0 bridgehead atoms. The van der Waals surface area contributed by atoms with Gasteiger partial charge in [0.15, 0.2) is 8.24 Å². The Morgan fingerprint density at radius 3 is 1.82 bits per heavy atom. The van der Waals surface area contributed by atoms with Gasteiger partial charge in [0, 0.05) is 19.8 Å². The van der Waals surface area contributed by atoms with E-state index < -0.39 is 18.4 Å². The van der Waals surface area contributed by atoms with Crippen LogP contribution in [0, 0.1) is 0 Å². The number of benzene rings is 1. The van der Waals surface area contributed by atoms with Crippen LogP contribution in [0.4, 0.5) is 5.69 Å². The van der Waals surface area contributed by atoms with Crippen LogP contribution in [0.5, 0.6) is 0 Å². The molecule has 0 spiro atoms. The molecule has 0 atom stereocenters. The predicted molar refractivity (Wildman–Crippen MR) is 74.9 cm³/mol. The quantitative estimate of drug-likeness (QED) is 0.788.